The summed E-state index contributed by atoms with van der Waals surface area (Å²) in [6.07, 6.45) is 2.36. The van der Waals surface area contributed by atoms with Gasteiger partial charge in [-0.1, -0.05) is 36.8 Å². The van der Waals surface area contributed by atoms with Gasteiger partial charge in [0, 0.05) is 5.92 Å². The molecule has 5 nitrogen and oxygen atoms in total. The van der Waals surface area contributed by atoms with Crippen LogP contribution in [0.5, 0.6) is 0 Å². The Morgan fingerprint density at radius 3 is 2.39 bits per heavy atom. The minimum atomic E-state index is -0.223. The largest absolute Gasteiger partial charge is 0.369 e. The molecule has 1 aliphatic heterocycles. The van der Waals surface area contributed by atoms with E-state index in [-0.39, 0.29) is 23.8 Å². The number of aryl methyl sites for hydroxylation is 1. The van der Waals surface area contributed by atoms with E-state index in [2.05, 4.69) is 48.3 Å². The van der Waals surface area contributed by atoms with Crippen molar-refractivity contribution in [3.05, 3.63) is 35.4 Å². The summed E-state index contributed by atoms with van der Waals surface area (Å²) in [4.78, 5) is 25.6. The normalized spacial score (nSPS) is 17.7. The van der Waals surface area contributed by atoms with Crippen molar-refractivity contribution in [1.82, 2.24) is 10.2 Å². The molecule has 0 spiro atoms. The molecule has 5 heteroatoms. The number of nitrogens with one attached hydrogen (secondary N) is 1. The summed E-state index contributed by atoms with van der Waals surface area (Å²) in [7, 11) is 0. The number of carbonyl (C=O) groups excluding carboxylic acids is 2. The summed E-state index contributed by atoms with van der Waals surface area (Å²) in [5, 5.41) is 3.11. The van der Waals surface area contributed by atoms with Crippen LogP contribution in [0.15, 0.2) is 24.3 Å². The Morgan fingerprint density at radius 1 is 1.26 bits per heavy atom. The van der Waals surface area contributed by atoms with E-state index in [0.29, 0.717) is 6.54 Å². The number of benzene rings is 1. The van der Waals surface area contributed by atoms with Gasteiger partial charge >= 0.3 is 0 Å². The number of amides is 2. The number of carbonyl (C=O) groups is 2. The first-order chi connectivity index (χ1) is 11.0. The minimum absolute atomic E-state index is 0.0368. The van der Waals surface area contributed by atoms with Gasteiger partial charge < -0.3 is 11.1 Å². The molecule has 0 bridgehead atoms. The zero-order valence-corrected chi connectivity index (χ0v) is 14.0. The zero-order chi connectivity index (χ0) is 16.8. The molecule has 1 aliphatic rings. The first-order valence-corrected chi connectivity index (χ1v) is 8.37. The third-order valence-electron chi connectivity index (χ3n) is 4.58. The third-order valence-corrected chi connectivity index (χ3v) is 4.58. The molecule has 126 valence electrons. The van der Waals surface area contributed by atoms with E-state index in [9.17, 15) is 9.59 Å². The molecule has 0 aromatic heterocycles. The smallest absolute Gasteiger partial charge is 0.234 e. The van der Waals surface area contributed by atoms with Crippen molar-refractivity contribution in [2.45, 2.75) is 39.2 Å². The van der Waals surface area contributed by atoms with Crippen molar-refractivity contribution in [2.75, 3.05) is 19.6 Å². The lowest BCUT2D eigenvalue weighted by molar-refractivity contribution is -0.124. The molecule has 2 rings (SSSR count). The van der Waals surface area contributed by atoms with Gasteiger partial charge in [-0.05, 0) is 44.8 Å². The fourth-order valence-electron chi connectivity index (χ4n) is 3.04. The van der Waals surface area contributed by atoms with Crippen LogP contribution in [0.1, 0.15) is 43.4 Å². The topological polar surface area (TPSA) is 75.4 Å². The molecule has 1 fully saturated rings. The second kappa shape index (κ2) is 8.11. The SMILES string of the molecule is CCC(NC(=O)CN1CCC(C(N)=O)CC1)c1ccc(C)cc1. The average molecular weight is 317 g/mol. The highest BCUT2D eigenvalue weighted by molar-refractivity contribution is 5.79. The van der Waals surface area contributed by atoms with Gasteiger partial charge in [0.05, 0.1) is 12.6 Å². The molecule has 1 aromatic carbocycles. The number of piperidine rings is 1. The Hall–Kier alpha value is -1.88. The van der Waals surface area contributed by atoms with Gasteiger partial charge in [-0.15, -0.1) is 0 Å². The van der Waals surface area contributed by atoms with Crippen LogP contribution >= 0.6 is 0 Å². The van der Waals surface area contributed by atoms with Gasteiger partial charge in [0.1, 0.15) is 0 Å². The highest BCUT2D eigenvalue weighted by Gasteiger charge is 2.24. The van der Waals surface area contributed by atoms with Crippen molar-refractivity contribution < 1.29 is 9.59 Å². The summed E-state index contributed by atoms with van der Waals surface area (Å²) < 4.78 is 0. The molecule has 23 heavy (non-hydrogen) atoms. The highest BCUT2D eigenvalue weighted by atomic mass is 16.2. The number of hydrogen-bond donors (Lipinski definition) is 2. The lowest BCUT2D eigenvalue weighted by Crippen LogP contribution is -2.44. The summed E-state index contributed by atoms with van der Waals surface area (Å²) >= 11 is 0. The van der Waals surface area contributed by atoms with Gasteiger partial charge in [0.15, 0.2) is 0 Å². The summed E-state index contributed by atoms with van der Waals surface area (Å²) in [5.74, 6) is -0.222. The van der Waals surface area contributed by atoms with E-state index >= 15 is 0 Å². The van der Waals surface area contributed by atoms with E-state index in [0.717, 1.165) is 37.9 Å². The van der Waals surface area contributed by atoms with E-state index in [1.807, 2.05) is 0 Å². The number of hydrogen-bond acceptors (Lipinski definition) is 3. The molecule has 0 saturated carbocycles. The van der Waals surface area contributed by atoms with Crippen LogP contribution in [-0.4, -0.2) is 36.3 Å². The fourth-order valence-corrected chi connectivity index (χ4v) is 3.04. The molecular weight excluding hydrogens is 290 g/mol. The van der Waals surface area contributed by atoms with Gasteiger partial charge in [-0.25, -0.2) is 0 Å². The maximum Gasteiger partial charge on any atom is 0.234 e. The van der Waals surface area contributed by atoms with E-state index in [1.165, 1.54) is 5.56 Å². The molecule has 3 N–H and O–H groups in total. The Balaban J connectivity index is 1.84. The first kappa shape index (κ1) is 17.5. The third kappa shape index (κ3) is 5.06. The lowest BCUT2D eigenvalue weighted by Gasteiger charge is -2.30. The molecule has 1 atom stereocenters. The van der Waals surface area contributed by atoms with Crippen LogP contribution in [0, 0.1) is 12.8 Å². The standard InChI is InChI=1S/C18H27N3O2/c1-3-16(14-6-4-13(2)5-7-14)20-17(22)12-21-10-8-15(9-11-21)18(19)23/h4-7,15-16H,3,8-12H2,1-2H3,(H2,19,23)(H,20,22). The maximum atomic E-state index is 12.3. The van der Waals surface area contributed by atoms with Crippen LogP contribution in [0.25, 0.3) is 0 Å². The number of likely N-dealkylation sites (tertiary alicyclic amines) is 1. The molecule has 0 aliphatic carbocycles. The number of rotatable bonds is 6. The van der Waals surface area contributed by atoms with Crippen LogP contribution < -0.4 is 11.1 Å². The summed E-state index contributed by atoms with van der Waals surface area (Å²) in [6, 6.07) is 8.33. The van der Waals surface area contributed by atoms with Crippen molar-refractivity contribution in [3.63, 3.8) is 0 Å². The molecule has 1 unspecified atom stereocenters. The number of primary amides is 1. The first-order valence-electron chi connectivity index (χ1n) is 8.37. The van der Waals surface area contributed by atoms with E-state index < -0.39 is 0 Å². The Morgan fingerprint density at radius 2 is 1.87 bits per heavy atom. The summed E-state index contributed by atoms with van der Waals surface area (Å²) in [6.45, 7) is 6.01. The highest BCUT2D eigenvalue weighted by Crippen LogP contribution is 2.18. The minimum Gasteiger partial charge on any atom is -0.369 e. The monoisotopic (exact) mass is 317 g/mol. The molecule has 1 heterocycles. The Bertz CT molecular complexity index is 534. The predicted molar refractivity (Wildman–Crippen MR) is 90.7 cm³/mol. The molecule has 1 aromatic rings. The van der Waals surface area contributed by atoms with E-state index in [1.54, 1.807) is 0 Å². The van der Waals surface area contributed by atoms with Crippen molar-refractivity contribution >= 4 is 11.8 Å². The zero-order valence-electron chi connectivity index (χ0n) is 14.0. The van der Waals surface area contributed by atoms with Crippen LogP contribution in [-0.2, 0) is 9.59 Å². The maximum absolute atomic E-state index is 12.3. The van der Waals surface area contributed by atoms with Gasteiger partial charge in [0.2, 0.25) is 11.8 Å². The molecule has 0 radical (unpaired) electrons. The number of nitrogens with two attached hydrogens (primary N) is 1. The van der Waals surface area contributed by atoms with Crippen molar-refractivity contribution in [3.8, 4) is 0 Å². The summed E-state index contributed by atoms with van der Waals surface area (Å²) in [5.41, 5.74) is 7.69. The van der Waals surface area contributed by atoms with Gasteiger partial charge in [-0.2, -0.15) is 0 Å². The van der Waals surface area contributed by atoms with Crippen molar-refractivity contribution in [1.29, 1.82) is 0 Å². The Kier molecular flexibility index (Phi) is 6.16. The lowest BCUT2D eigenvalue weighted by atomic mass is 9.96. The quantitative estimate of drug-likeness (QED) is 0.839. The van der Waals surface area contributed by atoms with Gasteiger partial charge in [-0.3, -0.25) is 14.5 Å². The van der Waals surface area contributed by atoms with Crippen LogP contribution in [0.2, 0.25) is 0 Å². The second-order valence-electron chi connectivity index (χ2n) is 6.39. The molecular formula is C18H27N3O2. The second-order valence-corrected chi connectivity index (χ2v) is 6.39. The average Bonchev–Trinajstić information content (AvgIpc) is 2.54. The van der Waals surface area contributed by atoms with Crippen molar-refractivity contribution in [2.24, 2.45) is 11.7 Å². The number of nitrogens with zero attached hydrogens (tertiary/aromatic N) is 1. The van der Waals surface area contributed by atoms with Crippen LogP contribution in [0.3, 0.4) is 0 Å². The Labute approximate surface area is 138 Å². The molecule has 2 amide bonds. The van der Waals surface area contributed by atoms with Gasteiger partial charge in [0.25, 0.3) is 0 Å². The van der Waals surface area contributed by atoms with Crippen LogP contribution in [0.4, 0.5) is 0 Å². The predicted octanol–water partition coefficient (Wildman–Crippen LogP) is 1.76. The molecule has 1 saturated heterocycles. The van der Waals surface area contributed by atoms with E-state index in [4.69, 9.17) is 5.73 Å². The fraction of sp³-hybridized carbons (Fsp3) is 0.556.